The smallest absolute Gasteiger partial charge is 0.253 e. The van der Waals surface area contributed by atoms with E-state index in [9.17, 15) is 9.90 Å². The number of anilines is 1. The zero-order valence-corrected chi connectivity index (χ0v) is 11.8. The molecule has 1 aliphatic heterocycles. The van der Waals surface area contributed by atoms with Crippen molar-refractivity contribution < 1.29 is 19.4 Å². The average molecular weight is 292 g/mol. The summed E-state index contributed by atoms with van der Waals surface area (Å²) in [5.41, 5.74) is 6.67. The van der Waals surface area contributed by atoms with Crippen molar-refractivity contribution >= 4 is 11.6 Å². The molecule has 0 radical (unpaired) electrons. The van der Waals surface area contributed by atoms with Gasteiger partial charge in [-0.2, -0.15) is 0 Å². The number of fused-ring (bicyclic) bond motifs is 1. The minimum absolute atomic E-state index is 0.153. The number of hydrogen-bond acceptors (Lipinski definition) is 5. The molecule has 2 unspecified atom stereocenters. The third-order valence-corrected chi connectivity index (χ3v) is 4.37. The number of aliphatic hydroxyl groups is 1. The van der Waals surface area contributed by atoms with Crippen LogP contribution in [-0.4, -0.2) is 31.0 Å². The fraction of sp³-hybridized carbons (Fsp3) is 0.533. The van der Waals surface area contributed by atoms with Crippen LogP contribution in [0.4, 0.5) is 5.69 Å². The second kappa shape index (κ2) is 5.81. The number of benzene rings is 1. The van der Waals surface area contributed by atoms with Gasteiger partial charge in [-0.25, -0.2) is 0 Å². The molecule has 6 nitrogen and oxygen atoms in total. The van der Waals surface area contributed by atoms with Gasteiger partial charge in [-0.1, -0.05) is 6.42 Å². The van der Waals surface area contributed by atoms with Gasteiger partial charge in [0.1, 0.15) is 0 Å². The highest BCUT2D eigenvalue weighted by Crippen LogP contribution is 2.36. The Kier molecular flexibility index (Phi) is 3.88. The molecule has 6 heteroatoms. The molecule has 1 aliphatic carbocycles. The van der Waals surface area contributed by atoms with E-state index in [1.165, 1.54) is 0 Å². The van der Waals surface area contributed by atoms with Gasteiger partial charge in [0.25, 0.3) is 5.91 Å². The van der Waals surface area contributed by atoms with Crippen LogP contribution in [0.5, 0.6) is 11.5 Å². The molecule has 1 amide bonds. The van der Waals surface area contributed by atoms with Crippen molar-refractivity contribution in [3.05, 3.63) is 17.7 Å². The lowest BCUT2D eigenvalue weighted by Gasteiger charge is -2.18. The maximum absolute atomic E-state index is 12.3. The van der Waals surface area contributed by atoms with E-state index < -0.39 is 0 Å². The van der Waals surface area contributed by atoms with E-state index in [4.69, 9.17) is 15.2 Å². The zero-order chi connectivity index (χ0) is 14.8. The molecular formula is C15H20N2O4. The zero-order valence-electron chi connectivity index (χ0n) is 11.8. The van der Waals surface area contributed by atoms with Crippen molar-refractivity contribution in [2.45, 2.75) is 19.3 Å². The van der Waals surface area contributed by atoms with E-state index in [0.717, 1.165) is 19.3 Å². The van der Waals surface area contributed by atoms with Gasteiger partial charge in [0.05, 0.1) is 5.56 Å². The average Bonchev–Trinajstić information content (AvgIpc) is 3.11. The Labute approximate surface area is 123 Å². The number of ether oxygens (including phenoxy) is 2. The van der Waals surface area contributed by atoms with Crippen molar-refractivity contribution in [3.8, 4) is 11.5 Å². The summed E-state index contributed by atoms with van der Waals surface area (Å²) in [6, 6.07) is 3.23. The first kappa shape index (κ1) is 14.0. The van der Waals surface area contributed by atoms with Crippen LogP contribution in [0.1, 0.15) is 29.6 Å². The van der Waals surface area contributed by atoms with Crippen LogP contribution in [0.25, 0.3) is 0 Å². The van der Waals surface area contributed by atoms with E-state index in [1.807, 2.05) is 0 Å². The molecular weight excluding hydrogens is 272 g/mol. The molecule has 4 N–H and O–H groups in total. The molecule has 1 saturated carbocycles. The van der Waals surface area contributed by atoms with Crippen LogP contribution in [0, 0.1) is 11.8 Å². The van der Waals surface area contributed by atoms with E-state index >= 15 is 0 Å². The molecule has 114 valence electrons. The number of aliphatic hydroxyl groups excluding tert-OH is 1. The van der Waals surface area contributed by atoms with E-state index in [-0.39, 0.29) is 19.3 Å². The Morgan fingerprint density at radius 3 is 2.76 bits per heavy atom. The Morgan fingerprint density at radius 2 is 2.00 bits per heavy atom. The summed E-state index contributed by atoms with van der Waals surface area (Å²) in [4.78, 5) is 12.3. The van der Waals surface area contributed by atoms with Gasteiger partial charge >= 0.3 is 0 Å². The van der Waals surface area contributed by atoms with Gasteiger partial charge in [0, 0.05) is 24.9 Å². The van der Waals surface area contributed by atoms with Crippen molar-refractivity contribution in [2.75, 3.05) is 25.7 Å². The Morgan fingerprint density at radius 1 is 1.29 bits per heavy atom. The first-order valence-corrected chi connectivity index (χ1v) is 7.27. The fourth-order valence-corrected chi connectivity index (χ4v) is 3.10. The van der Waals surface area contributed by atoms with E-state index in [1.54, 1.807) is 12.1 Å². The first-order valence-electron chi connectivity index (χ1n) is 7.27. The van der Waals surface area contributed by atoms with Crippen molar-refractivity contribution in [1.82, 2.24) is 5.32 Å². The minimum Gasteiger partial charge on any atom is -0.454 e. The highest BCUT2D eigenvalue weighted by Gasteiger charge is 2.27. The SMILES string of the molecule is Nc1cc2c(cc1C(=O)NCC1CCCC1CO)OCO2. The summed E-state index contributed by atoms with van der Waals surface area (Å²) in [7, 11) is 0. The van der Waals surface area contributed by atoms with E-state index in [0.29, 0.717) is 41.1 Å². The predicted molar refractivity (Wildman–Crippen MR) is 77.2 cm³/mol. The van der Waals surface area contributed by atoms with Crippen LogP contribution in [0.15, 0.2) is 12.1 Å². The number of amides is 1. The highest BCUT2D eigenvalue weighted by atomic mass is 16.7. The predicted octanol–water partition coefficient (Wildman–Crippen LogP) is 1.14. The molecule has 2 aliphatic rings. The summed E-state index contributed by atoms with van der Waals surface area (Å²) in [6.07, 6.45) is 3.18. The van der Waals surface area contributed by atoms with E-state index in [2.05, 4.69) is 5.32 Å². The van der Waals surface area contributed by atoms with Gasteiger partial charge in [-0.15, -0.1) is 0 Å². The summed E-state index contributed by atoms with van der Waals surface area (Å²) in [6.45, 7) is 0.907. The Balaban J connectivity index is 1.66. The molecule has 1 heterocycles. The topological polar surface area (TPSA) is 93.8 Å². The lowest BCUT2D eigenvalue weighted by atomic mass is 9.97. The van der Waals surface area contributed by atoms with Crippen molar-refractivity contribution in [1.29, 1.82) is 0 Å². The number of nitrogens with two attached hydrogens (primary N) is 1. The molecule has 0 aromatic heterocycles. The normalized spacial score (nSPS) is 23.3. The highest BCUT2D eigenvalue weighted by molar-refractivity contribution is 6.00. The van der Waals surface area contributed by atoms with Crippen LogP contribution in [0.3, 0.4) is 0 Å². The maximum Gasteiger partial charge on any atom is 0.253 e. The molecule has 21 heavy (non-hydrogen) atoms. The summed E-state index contributed by atoms with van der Waals surface area (Å²) in [5.74, 6) is 1.53. The molecule has 2 atom stereocenters. The molecule has 1 aromatic rings. The van der Waals surface area contributed by atoms with Crippen molar-refractivity contribution in [3.63, 3.8) is 0 Å². The standard InChI is InChI=1S/C15H20N2O4/c16-12-5-14-13(20-8-21-14)4-11(12)15(19)17-6-9-2-1-3-10(9)7-18/h4-5,9-10,18H,1-3,6-8,16H2,(H,17,19). The van der Waals surface area contributed by atoms with Crippen LogP contribution in [0.2, 0.25) is 0 Å². The molecule has 1 fully saturated rings. The number of nitrogens with one attached hydrogen (secondary N) is 1. The summed E-state index contributed by atoms with van der Waals surface area (Å²) < 4.78 is 10.5. The molecule has 0 spiro atoms. The quantitative estimate of drug-likeness (QED) is 0.723. The van der Waals surface area contributed by atoms with Gasteiger partial charge in [0.2, 0.25) is 6.79 Å². The monoisotopic (exact) mass is 292 g/mol. The van der Waals surface area contributed by atoms with Gasteiger partial charge in [-0.05, 0) is 30.7 Å². The lowest BCUT2D eigenvalue weighted by molar-refractivity contribution is 0.0938. The second-order valence-corrected chi connectivity index (χ2v) is 5.64. The third kappa shape index (κ3) is 2.76. The minimum atomic E-state index is -0.214. The van der Waals surface area contributed by atoms with Gasteiger partial charge < -0.3 is 25.6 Å². The second-order valence-electron chi connectivity index (χ2n) is 5.64. The number of carbonyl (C=O) groups excluding carboxylic acids is 1. The number of hydrogen-bond donors (Lipinski definition) is 3. The van der Waals surface area contributed by atoms with Crippen molar-refractivity contribution in [2.24, 2.45) is 11.8 Å². The number of nitrogen functional groups attached to an aromatic ring is 1. The first-order chi connectivity index (χ1) is 10.2. The summed E-state index contributed by atoms with van der Waals surface area (Å²) >= 11 is 0. The number of rotatable bonds is 4. The Hall–Kier alpha value is -1.95. The third-order valence-electron chi connectivity index (χ3n) is 4.37. The fourth-order valence-electron chi connectivity index (χ4n) is 3.10. The van der Waals surface area contributed by atoms with Crippen LogP contribution < -0.4 is 20.5 Å². The van der Waals surface area contributed by atoms with Crippen LogP contribution >= 0.6 is 0 Å². The molecule has 0 bridgehead atoms. The largest absolute Gasteiger partial charge is 0.454 e. The number of carbonyl (C=O) groups is 1. The summed E-state index contributed by atoms with van der Waals surface area (Å²) in [5, 5.41) is 12.2. The Bertz CT molecular complexity index is 547. The molecule has 0 saturated heterocycles. The van der Waals surface area contributed by atoms with Gasteiger partial charge in [0.15, 0.2) is 11.5 Å². The lowest BCUT2D eigenvalue weighted by Crippen LogP contribution is -2.32. The van der Waals surface area contributed by atoms with Gasteiger partial charge in [-0.3, -0.25) is 4.79 Å². The molecule has 1 aromatic carbocycles. The molecule has 3 rings (SSSR count). The maximum atomic E-state index is 12.3. The van der Waals surface area contributed by atoms with Crippen LogP contribution in [-0.2, 0) is 0 Å².